The Morgan fingerprint density at radius 2 is 0.808 bits per heavy atom. The van der Waals surface area contributed by atoms with Crippen LogP contribution >= 0.6 is 0 Å². The van der Waals surface area contributed by atoms with Crippen molar-refractivity contribution in [2.24, 2.45) is 0 Å². The molecule has 0 radical (unpaired) electrons. The second-order valence-electron chi connectivity index (χ2n) is 18.9. The van der Waals surface area contributed by atoms with Crippen LogP contribution in [0.1, 0.15) is 138 Å². The number of epoxide rings is 3. The summed E-state index contributed by atoms with van der Waals surface area (Å²) in [4.78, 5) is 0. The number of benzene rings is 3. The molecule has 0 N–H and O–H groups in total. The van der Waals surface area contributed by atoms with Gasteiger partial charge in [-0.15, -0.1) is 0 Å². The lowest BCUT2D eigenvalue weighted by molar-refractivity contribution is 0.261. The van der Waals surface area contributed by atoms with E-state index in [2.05, 4.69) is 126 Å². The lowest BCUT2D eigenvalue weighted by Crippen LogP contribution is -2.23. The first kappa shape index (κ1) is 38.7. The van der Waals surface area contributed by atoms with E-state index in [1.165, 1.54) is 38.9 Å². The third kappa shape index (κ3) is 9.35. The molecule has 3 saturated heterocycles. The molecule has 284 valence electrons. The number of hydrogen-bond donors (Lipinski definition) is 0. The maximum atomic E-state index is 6.40. The zero-order valence-electron chi connectivity index (χ0n) is 34.3. The highest BCUT2D eigenvalue weighted by Crippen LogP contribution is 2.48. The van der Waals surface area contributed by atoms with E-state index in [9.17, 15) is 0 Å². The Kier molecular flexibility index (Phi) is 10.9. The van der Waals surface area contributed by atoms with Crippen molar-refractivity contribution in [3.8, 4) is 17.2 Å². The quantitative estimate of drug-likeness (QED) is 0.155. The van der Waals surface area contributed by atoms with Gasteiger partial charge in [0.25, 0.3) is 0 Å². The number of aryl methyl sites for hydroxylation is 3. The van der Waals surface area contributed by atoms with E-state index < -0.39 is 0 Å². The van der Waals surface area contributed by atoms with Gasteiger partial charge in [0.15, 0.2) is 0 Å². The fourth-order valence-electron chi connectivity index (χ4n) is 7.47. The van der Waals surface area contributed by atoms with Gasteiger partial charge in [-0.1, -0.05) is 87.4 Å². The molecule has 0 saturated carbocycles. The van der Waals surface area contributed by atoms with Gasteiger partial charge in [0, 0.05) is 5.92 Å². The molecule has 6 heteroatoms. The molecule has 3 aliphatic rings. The lowest BCUT2D eigenvalue weighted by atomic mass is 9.69. The summed E-state index contributed by atoms with van der Waals surface area (Å²) < 4.78 is 35.6. The minimum Gasteiger partial charge on any atom is -0.491 e. The fourth-order valence-corrected chi connectivity index (χ4v) is 7.47. The standard InChI is InChI=1S/C46H64O6/c1-27(34-15-28(2)41(50-24-31-21-47-31)18-38(34)44(5,6)7)14-35(36-16-29(3)42(51-25-32-22-48-32)19-39(36)45(8,9)10)37-17-30(4)43(52-26-33-23-49-33)20-40(37)46(11,12)13/h15-20,27,31-33,35H,14,21-26H2,1-13H3. The zero-order chi connectivity index (χ0) is 37.7. The Balaban J connectivity index is 1.49. The van der Waals surface area contributed by atoms with Crippen LogP contribution in [0.3, 0.4) is 0 Å². The van der Waals surface area contributed by atoms with Gasteiger partial charge in [-0.2, -0.15) is 0 Å². The summed E-state index contributed by atoms with van der Waals surface area (Å²) in [5, 5.41) is 0. The monoisotopic (exact) mass is 712 g/mol. The van der Waals surface area contributed by atoms with Crippen molar-refractivity contribution in [3.63, 3.8) is 0 Å². The first-order chi connectivity index (χ1) is 24.3. The van der Waals surface area contributed by atoms with Gasteiger partial charge >= 0.3 is 0 Å². The average molecular weight is 713 g/mol. The maximum Gasteiger partial charge on any atom is 0.122 e. The zero-order valence-corrected chi connectivity index (χ0v) is 34.3. The highest BCUT2D eigenvalue weighted by atomic mass is 16.6. The van der Waals surface area contributed by atoms with E-state index in [0.717, 1.165) is 54.6 Å². The van der Waals surface area contributed by atoms with Gasteiger partial charge in [-0.05, 0) is 118 Å². The summed E-state index contributed by atoms with van der Waals surface area (Å²) >= 11 is 0. The average Bonchev–Trinajstić information content (AvgIpc) is 3.88. The highest BCUT2D eigenvalue weighted by Gasteiger charge is 2.34. The summed E-state index contributed by atoms with van der Waals surface area (Å²) in [5.74, 6) is 3.24. The van der Waals surface area contributed by atoms with Crippen LogP contribution in [0.25, 0.3) is 0 Å². The van der Waals surface area contributed by atoms with E-state index in [-0.39, 0.29) is 46.4 Å². The normalized spacial score (nSPS) is 21.1. The number of rotatable bonds is 14. The van der Waals surface area contributed by atoms with Gasteiger partial charge in [0.1, 0.15) is 55.4 Å². The van der Waals surface area contributed by atoms with Crippen LogP contribution in [0.2, 0.25) is 0 Å². The Labute approximate surface area is 313 Å². The highest BCUT2D eigenvalue weighted by molar-refractivity contribution is 5.55. The minimum atomic E-state index is -0.111. The van der Waals surface area contributed by atoms with Crippen molar-refractivity contribution in [1.82, 2.24) is 0 Å². The Bertz CT molecular complexity index is 1660. The number of ether oxygens (including phenoxy) is 6. The molecule has 0 amide bonds. The lowest BCUT2D eigenvalue weighted by Gasteiger charge is -2.35. The molecule has 52 heavy (non-hydrogen) atoms. The second-order valence-corrected chi connectivity index (χ2v) is 18.9. The number of hydrogen-bond acceptors (Lipinski definition) is 6. The van der Waals surface area contributed by atoms with Gasteiger partial charge in [0.2, 0.25) is 0 Å². The van der Waals surface area contributed by atoms with Gasteiger partial charge in [-0.25, -0.2) is 0 Å². The topological polar surface area (TPSA) is 65.3 Å². The van der Waals surface area contributed by atoms with E-state index in [4.69, 9.17) is 28.4 Å². The summed E-state index contributed by atoms with van der Waals surface area (Å²) in [6.07, 6.45) is 1.57. The van der Waals surface area contributed by atoms with E-state index in [0.29, 0.717) is 19.8 Å². The van der Waals surface area contributed by atoms with Gasteiger partial charge in [0.05, 0.1) is 19.8 Å². The van der Waals surface area contributed by atoms with E-state index in [1.54, 1.807) is 0 Å². The molecular weight excluding hydrogens is 649 g/mol. The van der Waals surface area contributed by atoms with Crippen LogP contribution < -0.4 is 14.2 Å². The molecule has 6 rings (SSSR count). The predicted molar refractivity (Wildman–Crippen MR) is 210 cm³/mol. The van der Waals surface area contributed by atoms with E-state index in [1.807, 2.05) is 0 Å². The van der Waals surface area contributed by atoms with Crippen molar-refractivity contribution in [1.29, 1.82) is 0 Å². The van der Waals surface area contributed by atoms with Gasteiger partial charge in [-0.3, -0.25) is 0 Å². The van der Waals surface area contributed by atoms with Crippen molar-refractivity contribution in [2.75, 3.05) is 39.6 Å². The van der Waals surface area contributed by atoms with Crippen LogP contribution in [0, 0.1) is 20.8 Å². The molecule has 4 unspecified atom stereocenters. The summed E-state index contributed by atoms with van der Waals surface area (Å²) in [6.45, 7) is 34.0. The first-order valence-corrected chi connectivity index (χ1v) is 19.5. The van der Waals surface area contributed by atoms with Crippen LogP contribution in [0.15, 0.2) is 36.4 Å². The molecule has 3 aromatic carbocycles. The third-order valence-electron chi connectivity index (χ3n) is 10.8. The smallest absolute Gasteiger partial charge is 0.122 e. The molecule has 3 aromatic rings. The van der Waals surface area contributed by atoms with Crippen LogP contribution in [-0.4, -0.2) is 58.0 Å². The SMILES string of the molecule is Cc1cc(C(C)CC(c2cc(C)c(OCC3CO3)cc2C(C)(C)C)c2cc(C)c(OCC3CO3)cc2C(C)(C)C)c(C(C)(C)C)cc1OCC1CO1. The molecule has 4 atom stereocenters. The van der Waals surface area contributed by atoms with Gasteiger partial charge < -0.3 is 28.4 Å². The molecule has 0 aromatic heterocycles. The van der Waals surface area contributed by atoms with Crippen LogP contribution in [0.5, 0.6) is 17.2 Å². The molecular formula is C46H64O6. The Hall–Kier alpha value is -3.06. The minimum absolute atomic E-state index is 0.0597. The molecule has 0 bridgehead atoms. The maximum absolute atomic E-state index is 6.40. The summed E-state index contributed by atoms with van der Waals surface area (Å²) in [6, 6.07) is 14.2. The largest absolute Gasteiger partial charge is 0.491 e. The molecule has 3 aliphatic heterocycles. The Morgan fingerprint density at radius 1 is 0.519 bits per heavy atom. The van der Waals surface area contributed by atoms with Crippen LogP contribution in [0.4, 0.5) is 0 Å². The summed E-state index contributed by atoms with van der Waals surface area (Å²) in [5.41, 5.74) is 11.3. The van der Waals surface area contributed by atoms with Crippen molar-refractivity contribution < 1.29 is 28.4 Å². The van der Waals surface area contributed by atoms with E-state index >= 15 is 0 Å². The molecule has 3 heterocycles. The fraction of sp³-hybridized carbons (Fsp3) is 0.609. The third-order valence-corrected chi connectivity index (χ3v) is 10.8. The van der Waals surface area contributed by atoms with Crippen molar-refractivity contribution in [2.45, 2.75) is 143 Å². The summed E-state index contributed by atoms with van der Waals surface area (Å²) in [7, 11) is 0. The Morgan fingerprint density at radius 3 is 1.10 bits per heavy atom. The molecule has 0 aliphatic carbocycles. The van der Waals surface area contributed by atoms with Crippen LogP contribution in [-0.2, 0) is 30.5 Å². The first-order valence-electron chi connectivity index (χ1n) is 19.5. The molecule has 3 fully saturated rings. The second kappa shape index (κ2) is 14.6. The predicted octanol–water partition coefficient (Wildman–Crippen LogP) is 10.2. The molecule has 6 nitrogen and oxygen atoms in total. The van der Waals surface area contributed by atoms with Crippen molar-refractivity contribution >= 4 is 0 Å². The molecule has 0 spiro atoms. The van der Waals surface area contributed by atoms with Crippen molar-refractivity contribution in [3.05, 3.63) is 86.5 Å².